The Morgan fingerprint density at radius 2 is 2.40 bits per heavy atom. The first-order valence-electron chi connectivity index (χ1n) is 4.85. The number of hydrogen-bond donors (Lipinski definition) is 0. The SMILES string of the molecule is C[C@@H](OC[C@H]1CO1)c1ccc(F)cc1Br. The highest BCUT2D eigenvalue weighted by Crippen LogP contribution is 2.27. The second-order valence-corrected chi connectivity index (χ2v) is 4.45. The summed E-state index contributed by atoms with van der Waals surface area (Å²) in [4.78, 5) is 0. The highest BCUT2D eigenvalue weighted by Gasteiger charge is 2.24. The van der Waals surface area contributed by atoms with Gasteiger partial charge in [0.25, 0.3) is 0 Å². The van der Waals surface area contributed by atoms with E-state index in [4.69, 9.17) is 9.47 Å². The third-order valence-electron chi connectivity index (χ3n) is 2.33. The Kier molecular flexibility index (Phi) is 3.38. The molecule has 15 heavy (non-hydrogen) atoms. The molecule has 0 radical (unpaired) electrons. The summed E-state index contributed by atoms with van der Waals surface area (Å²) in [5.41, 5.74) is 0.956. The average molecular weight is 275 g/mol. The zero-order valence-corrected chi connectivity index (χ0v) is 9.96. The summed E-state index contributed by atoms with van der Waals surface area (Å²) in [5.74, 6) is -0.247. The molecule has 0 N–H and O–H groups in total. The van der Waals surface area contributed by atoms with Crippen molar-refractivity contribution in [3.8, 4) is 0 Å². The lowest BCUT2D eigenvalue weighted by atomic mass is 10.1. The summed E-state index contributed by atoms with van der Waals surface area (Å²) in [6.07, 6.45) is 0.204. The third kappa shape index (κ3) is 3.00. The number of halogens is 2. The van der Waals surface area contributed by atoms with E-state index in [1.54, 1.807) is 6.07 Å². The first kappa shape index (κ1) is 11.0. The molecule has 0 unspecified atom stereocenters. The molecule has 2 atom stereocenters. The van der Waals surface area contributed by atoms with Crippen LogP contribution in [-0.2, 0) is 9.47 Å². The Morgan fingerprint density at radius 3 is 3.00 bits per heavy atom. The van der Waals surface area contributed by atoms with E-state index in [9.17, 15) is 4.39 Å². The zero-order chi connectivity index (χ0) is 10.8. The Balaban J connectivity index is 1.99. The Morgan fingerprint density at radius 1 is 1.67 bits per heavy atom. The normalized spacial score (nSPS) is 21.4. The molecule has 0 aliphatic carbocycles. The fourth-order valence-electron chi connectivity index (χ4n) is 1.34. The second kappa shape index (κ2) is 4.60. The number of rotatable bonds is 4. The Bertz CT molecular complexity index is 352. The standard InChI is InChI=1S/C11H12BrFO2/c1-7(14-5-9-6-15-9)10-3-2-8(13)4-11(10)12/h2-4,7,9H,5-6H2,1H3/t7-,9+/m1/s1. The van der Waals surface area contributed by atoms with E-state index >= 15 is 0 Å². The van der Waals surface area contributed by atoms with E-state index in [2.05, 4.69) is 15.9 Å². The molecule has 1 saturated heterocycles. The van der Waals surface area contributed by atoms with Crippen molar-refractivity contribution >= 4 is 15.9 Å². The van der Waals surface area contributed by atoms with E-state index in [1.165, 1.54) is 12.1 Å². The predicted molar refractivity (Wildman–Crippen MR) is 58.2 cm³/mol. The van der Waals surface area contributed by atoms with Crippen LogP contribution in [0, 0.1) is 5.82 Å². The molecule has 1 fully saturated rings. The van der Waals surface area contributed by atoms with E-state index in [-0.39, 0.29) is 18.0 Å². The van der Waals surface area contributed by atoms with Crippen molar-refractivity contribution < 1.29 is 13.9 Å². The maximum Gasteiger partial charge on any atom is 0.124 e. The van der Waals surface area contributed by atoms with E-state index in [0.717, 1.165) is 16.6 Å². The van der Waals surface area contributed by atoms with Crippen molar-refractivity contribution in [1.29, 1.82) is 0 Å². The molecule has 0 spiro atoms. The molecule has 2 rings (SSSR count). The number of hydrogen-bond acceptors (Lipinski definition) is 2. The van der Waals surface area contributed by atoms with Gasteiger partial charge in [-0.15, -0.1) is 0 Å². The molecule has 0 aromatic heterocycles. The van der Waals surface area contributed by atoms with Crippen molar-refractivity contribution in [2.45, 2.75) is 19.1 Å². The highest BCUT2D eigenvalue weighted by atomic mass is 79.9. The van der Waals surface area contributed by atoms with Crippen LogP contribution < -0.4 is 0 Å². The predicted octanol–water partition coefficient (Wildman–Crippen LogP) is 3.06. The maximum atomic E-state index is 12.8. The van der Waals surface area contributed by atoms with Crippen LogP contribution in [0.5, 0.6) is 0 Å². The van der Waals surface area contributed by atoms with Crippen LogP contribution in [0.4, 0.5) is 4.39 Å². The van der Waals surface area contributed by atoms with Crippen LogP contribution >= 0.6 is 15.9 Å². The molecule has 1 aliphatic rings. The summed E-state index contributed by atoms with van der Waals surface area (Å²) in [7, 11) is 0. The largest absolute Gasteiger partial charge is 0.371 e. The van der Waals surface area contributed by atoms with Gasteiger partial charge in [0, 0.05) is 4.47 Å². The van der Waals surface area contributed by atoms with Crippen molar-refractivity contribution in [2.75, 3.05) is 13.2 Å². The third-order valence-corrected chi connectivity index (χ3v) is 3.02. The summed E-state index contributed by atoms with van der Waals surface area (Å²) >= 11 is 3.32. The molecule has 4 heteroatoms. The molecule has 0 bridgehead atoms. The molecule has 2 nitrogen and oxygen atoms in total. The van der Waals surface area contributed by atoms with Crippen molar-refractivity contribution in [1.82, 2.24) is 0 Å². The summed E-state index contributed by atoms with van der Waals surface area (Å²) in [6, 6.07) is 4.62. The molecular formula is C11H12BrFO2. The number of ether oxygens (including phenoxy) is 2. The lowest BCUT2D eigenvalue weighted by Crippen LogP contribution is -2.06. The van der Waals surface area contributed by atoms with Gasteiger partial charge in [0.05, 0.1) is 19.3 Å². The van der Waals surface area contributed by atoms with Crippen LogP contribution in [0.2, 0.25) is 0 Å². The van der Waals surface area contributed by atoms with Gasteiger partial charge < -0.3 is 9.47 Å². The van der Waals surface area contributed by atoms with E-state index < -0.39 is 0 Å². The van der Waals surface area contributed by atoms with Gasteiger partial charge in [-0.25, -0.2) is 4.39 Å². The summed E-state index contributed by atoms with van der Waals surface area (Å²) in [5, 5.41) is 0. The molecule has 1 heterocycles. The minimum Gasteiger partial charge on any atom is -0.371 e. The smallest absolute Gasteiger partial charge is 0.124 e. The first-order valence-corrected chi connectivity index (χ1v) is 5.64. The molecule has 82 valence electrons. The number of epoxide rings is 1. The molecule has 0 amide bonds. The molecule has 1 aliphatic heterocycles. The Labute approximate surface area is 96.5 Å². The molecule has 1 aromatic rings. The molecule has 1 aromatic carbocycles. The van der Waals surface area contributed by atoms with Crippen LogP contribution in [-0.4, -0.2) is 19.3 Å². The van der Waals surface area contributed by atoms with Crippen molar-refractivity contribution in [3.05, 3.63) is 34.1 Å². The summed E-state index contributed by atoms with van der Waals surface area (Å²) < 4.78 is 24.2. The minimum atomic E-state index is -0.247. The van der Waals surface area contributed by atoms with Gasteiger partial charge >= 0.3 is 0 Å². The molecule has 0 saturated carbocycles. The van der Waals surface area contributed by atoms with Crippen LogP contribution in [0.15, 0.2) is 22.7 Å². The minimum absolute atomic E-state index is 0.0517. The topological polar surface area (TPSA) is 21.8 Å². The van der Waals surface area contributed by atoms with Crippen molar-refractivity contribution in [3.63, 3.8) is 0 Å². The molecular weight excluding hydrogens is 263 g/mol. The van der Waals surface area contributed by atoms with Crippen LogP contribution in [0.3, 0.4) is 0 Å². The van der Waals surface area contributed by atoms with Gasteiger partial charge in [-0.1, -0.05) is 22.0 Å². The monoisotopic (exact) mass is 274 g/mol. The van der Waals surface area contributed by atoms with Crippen molar-refractivity contribution in [2.24, 2.45) is 0 Å². The van der Waals surface area contributed by atoms with Gasteiger partial charge in [-0.2, -0.15) is 0 Å². The van der Waals surface area contributed by atoms with E-state index in [1.807, 2.05) is 6.92 Å². The average Bonchev–Trinajstić information content (AvgIpc) is 2.97. The lowest BCUT2D eigenvalue weighted by Gasteiger charge is -2.14. The van der Waals surface area contributed by atoms with Gasteiger partial charge in [0.1, 0.15) is 11.9 Å². The lowest BCUT2D eigenvalue weighted by molar-refractivity contribution is 0.0535. The summed E-state index contributed by atoms with van der Waals surface area (Å²) in [6.45, 7) is 3.34. The number of benzene rings is 1. The first-order chi connectivity index (χ1) is 7.16. The van der Waals surface area contributed by atoms with Gasteiger partial charge in [-0.05, 0) is 24.6 Å². The van der Waals surface area contributed by atoms with Gasteiger partial charge in [0.15, 0.2) is 0 Å². The Hall–Kier alpha value is -0.450. The quantitative estimate of drug-likeness (QED) is 0.788. The van der Waals surface area contributed by atoms with Gasteiger partial charge in [-0.3, -0.25) is 0 Å². The fraction of sp³-hybridized carbons (Fsp3) is 0.455. The fourth-order valence-corrected chi connectivity index (χ4v) is 2.01. The zero-order valence-electron chi connectivity index (χ0n) is 8.37. The highest BCUT2D eigenvalue weighted by molar-refractivity contribution is 9.10. The van der Waals surface area contributed by atoms with Crippen LogP contribution in [0.25, 0.3) is 0 Å². The second-order valence-electron chi connectivity index (χ2n) is 3.60. The van der Waals surface area contributed by atoms with Crippen LogP contribution in [0.1, 0.15) is 18.6 Å². The van der Waals surface area contributed by atoms with E-state index in [0.29, 0.717) is 6.61 Å². The van der Waals surface area contributed by atoms with Gasteiger partial charge in [0.2, 0.25) is 0 Å². The maximum absolute atomic E-state index is 12.8.